The maximum atomic E-state index is 7.66. The molecule has 0 aliphatic heterocycles. The van der Waals surface area contributed by atoms with Crippen molar-refractivity contribution in [2.75, 3.05) is 5.73 Å². The molecule has 0 saturated heterocycles. The third-order valence-corrected chi connectivity index (χ3v) is 1.78. The normalized spacial score (nSPS) is 10.7. The molecule has 2 aromatic rings. The number of ether oxygens (including phenoxy) is 1. The van der Waals surface area contributed by atoms with E-state index in [-0.39, 0.29) is 0 Å². The van der Waals surface area contributed by atoms with Crippen LogP contribution < -0.4 is 10.5 Å². The van der Waals surface area contributed by atoms with Crippen molar-refractivity contribution < 1.29 is 6.11 Å². The van der Waals surface area contributed by atoms with Gasteiger partial charge in [-0.2, -0.15) is 0 Å². The van der Waals surface area contributed by atoms with Gasteiger partial charge >= 0.3 is 0 Å². The van der Waals surface area contributed by atoms with Crippen LogP contribution in [0.25, 0.3) is 0 Å². The standard InChI is InChI=1S/C12H11NO/c13-10-6-8-12(9-7-10)14-11-4-2-1-3-5-11/h1-9H,13H2/i8T. The number of hydrogen-bond donors (Lipinski definition) is 1. The summed E-state index contributed by atoms with van der Waals surface area (Å²) in [6, 6.07) is 14.6. The number of rotatable bonds is 2. The lowest BCUT2D eigenvalue weighted by Crippen LogP contribution is -1.85. The SMILES string of the molecule is [3H]c1cc(N)ccc1Oc1ccccc1. The zero-order chi connectivity index (χ0) is 10.7. The minimum atomic E-state index is 0.291. The van der Waals surface area contributed by atoms with E-state index in [9.17, 15) is 0 Å². The highest BCUT2D eigenvalue weighted by Gasteiger charge is 1.94. The summed E-state index contributed by atoms with van der Waals surface area (Å²) in [4.78, 5) is 0. The van der Waals surface area contributed by atoms with E-state index in [1.165, 1.54) is 0 Å². The fourth-order valence-corrected chi connectivity index (χ4v) is 1.10. The van der Waals surface area contributed by atoms with Gasteiger partial charge in [0.15, 0.2) is 0 Å². The number of para-hydroxylation sites is 1. The zero-order valence-electron chi connectivity index (χ0n) is 8.60. The van der Waals surface area contributed by atoms with Crippen LogP contribution in [0.15, 0.2) is 54.6 Å². The van der Waals surface area contributed by atoms with Gasteiger partial charge in [-0.05, 0) is 36.4 Å². The largest absolute Gasteiger partial charge is 0.457 e. The highest BCUT2D eigenvalue weighted by atomic mass is 16.5. The van der Waals surface area contributed by atoms with Crippen molar-refractivity contribution in [1.29, 1.82) is 0 Å². The maximum Gasteiger partial charge on any atom is 0.127 e. The monoisotopic (exact) mass is 187 g/mol. The first-order chi connectivity index (χ1) is 7.25. The fourth-order valence-electron chi connectivity index (χ4n) is 1.10. The molecule has 0 aromatic heterocycles. The second-order valence-electron chi connectivity index (χ2n) is 2.90. The van der Waals surface area contributed by atoms with Crippen LogP contribution in [0.4, 0.5) is 5.69 Å². The molecule has 70 valence electrons. The molecule has 2 rings (SSSR count). The molecule has 2 nitrogen and oxygen atoms in total. The zero-order valence-corrected chi connectivity index (χ0v) is 7.60. The Hall–Kier alpha value is -1.96. The minimum Gasteiger partial charge on any atom is -0.457 e. The van der Waals surface area contributed by atoms with Gasteiger partial charge in [-0.3, -0.25) is 0 Å². The first-order valence-corrected chi connectivity index (χ1v) is 4.35. The van der Waals surface area contributed by atoms with Gasteiger partial charge in [0.2, 0.25) is 0 Å². The molecule has 0 atom stereocenters. The van der Waals surface area contributed by atoms with Crippen molar-refractivity contribution in [2.45, 2.75) is 0 Å². The molecule has 2 heteroatoms. The highest BCUT2D eigenvalue weighted by molar-refractivity contribution is 5.42. The Balaban J connectivity index is 2.25. The summed E-state index contributed by atoms with van der Waals surface area (Å²) < 4.78 is 13.2. The van der Waals surface area contributed by atoms with Gasteiger partial charge in [-0.15, -0.1) is 0 Å². The molecule has 2 aromatic carbocycles. The van der Waals surface area contributed by atoms with Crippen LogP contribution in [-0.2, 0) is 0 Å². The second-order valence-corrected chi connectivity index (χ2v) is 2.90. The van der Waals surface area contributed by atoms with Crippen LogP contribution in [0.5, 0.6) is 11.5 Å². The number of nitrogens with two attached hydrogens (primary N) is 1. The van der Waals surface area contributed by atoms with Gasteiger partial charge in [-0.25, -0.2) is 0 Å². The fraction of sp³-hybridized carbons (Fsp3) is 0. The summed E-state index contributed by atoms with van der Waals surface area (Å²) in [5.41, 5.74) is 6.12. The molecule has 14 heavy (non-hydrogen) atoms. The van der Waals surface area contributed by atoms with Crippen LogP contribution in [0.1, 0.15) is 1.37 Å². The van der Waals surface area contributed by atoms with E-state index in [0.29, 0.717) is 17.5 Å². The second kappa shape index (κ2) is 3.83. The van der Waals surface area contributed by atoms with E-state index in [0.717, 1.165) is 5.75 Å². The Bertz CT molecular complexity index is 456. The van der Waals surface area contributed by atoms with Gasteiger partial charge in [0.25, 0.3) is 0 Å². The van der Waals surface area contributed by atoms with E-state index in [2.05, 4.69) is 0 Å². The van der Waals surface area contributed by atoms with Crippen LogP contribution in [-0.4, -0.2) is 0 Å². The van der Waals surface area contributed by atoms with Crippen molar-refractivity contribution in [2.24, 2.45) is 0 Å². The lowest BCUT2D eigenvalue weighted by Gasteiger charge is -2.04. The summed E-state index contributed by atoms with van der Waals surface area (Å²) in [7, 11) is 0. The van der Waals surface area contributed by atoms with Crippen LogP contribution >= 0.6 is 0 Å². The van der Waals surface area contributed by atoms with Crippen molar-refractivity contribution in [3.05, 3.63) is 54.6 Å². The molecule has 0 aliphatic rings. The maximum absolute atomic E-state index is 7.66. The molecule has 0 spiro atoms. The first kappa shape index (κ1) is 7.44. The number of nitrogen functional groups attached to an aromatic ring is 1. The van der Waals surface area contributed by atoms with Crippen molar-refractivity contribution in [3.63, 3.8) is 0 Å². The minimum absolute atomic E-state index is 0.291. The van der Waals surface area contributed by atoms with Crippen molar-refractivity contribution >= 4 is 5.69 Å². The summed E-state index contributed by atoms with van der Waals surface area (Å²) in [5.74, 6) is 1.23. The summed E-state index contributed by atoms with van der Waals surface area (Å²) >= 11 is 0. The Morgan fingerprint density at radius 2 is 1.71 bits per heavy atom. The van der Waals surface area contributed by atoms with Crippen molar-refractivity contribution in [1.82, 2.24) is 0 Å². The van der Waals surface area contributed by atoms with E-state index in [4.69, 9.17) is 11.8 Å². The summed E-state index contributed by atoms with van der Waals surface area (Å²) in [6.07, 6.45) is 0. The van der Waals surface area contributed by atoms with Crippen LogP contribution in [0, 0.1) is 0 Å². The van der Waals surface area contributed by atoms with E-state index < -0.39 is 0 Å². The van der Waals surface area contributed by atoms with Gasteiger partial charge in [0.05, 0.1) is 1.37 Å². The smallest absolute Gasteiger partial charge is 0.127 e. The molecule has 0 fully saturated rings. The topological polar surface area (TPSA) is 35.2 Å². The predicted molar refractivity (Wildman–Crippen MR) is 57.4 cm³/mol. The lowest BCUT2D eigenvalue weighted by atomic mass is 10.3. The number of hydrogen-bond acceptors (Lipinski definition) is 2. The average Bonchev–Trinajstić information content (AvgIpc) is 2.24. The summed E-state index contributed by atoms with van der Waals surface area (Å²) in [6.45, 7) is 0. The Morgan fingerprint density at radius 3 is 2.43 bits per heavy atom. The van der Waals surface area contributed by atoms with E-state index in [1.54, 1.807) is 18.2 Å². The first-order valence-electron chi connectivity index (χ1n) is 4.85. The van der Waals surface area contributed by atoms with Crippen molar-refractivity contribution in [3.8, 4) is 11.5 Å². The average molecular weight is 187 g/mol. The van der Waals surface area contributed by atoms with Gasteiger partial charge in [-0.1, -0.05) is 18.2 Å². The van der Waals surface area contributed by atoms with Gasteiger partial charge < -0.3 is 10.5 Å². The Morgan fingerprint density at radius 1 is 0.929 bits per heavy atom. The molecule has 0 bridgehead atoms. The quantitative estimate of drug-likeness (QED) is 0.733. The molecular formula is C12H11NO. The summed E-state index contributed by atoms with van der Waals surface area (Å²) in [5, 5.41) is 0. The molecule has 0 radical (unpaired) electrons. The highest BCUT2D eigenvalue weighted by Crippen LogP contribution is 2.21. The Labute approximate surface area is 84.3 Å². The Kier molecular flexibility index (Phi) is 2.04. The van der Waals surface area contributed by atoms with E-state index in [1.807, 2.05) is 30.3 Å². The third-order valence-electron chi connectivity index (χ3n) is 1.78. The van der Waals surface area contributed by atoms with Gasteiger partial charge in [0.1, 0.15) is 11.5 Å². The number of benzene rings is 2. The van der Waals surface area contributed by atoms with E-state index >= 15 is 0 Å². The predicted octanol–water partition coefficient (Wildman–Crippen LogP) is 3.06. The molecule has 0 heterocycles. The number of anilines is 1. The third kappa shape index (κ3) is 2.04. The lowest BCUT2D eigenvalue weighted by molar-refractivity contribution is 0.483. The molecular weight excluding hydrogens is 174 g/mol. The molecule has 0 aliphatic carbocycles. The molecule has 0 unspecified atom stereocenters. The van der Waals surface area contributed by atoms with Gasteiger partial charge in [0, 0.05) is 5.69 Å². The molecule has 0 saturated carbocycles. The van der Waals surface area contributed by atoms with Crippen LogP contribution in [0.3, 0.4) is 0 Å². The van der Waals surface area contributed by atoms with Crippen LogP contribution in [0.2, 0.25) is 0 Å². The molecule has 2 N–H and O–H groups in total. The molecule has 0 amide bonds.